The minimum Gasteiger partial charge on any atom is -0.481 e. The zero-order chi connectivity index (χ0) is 14.3. The van der Waals surface area contributed by atoms with E-state index in [1.54, 1.807) is 0 Å². The van der Waals surface area contributed by atoms with Crippen LogP contribution in [0, 0.1) is 0 Å². The van der Waals surface area contributed by atoms with Crippen LogP contribution in [0.25, 0.3) is 0 Å². The Balaban J connectivity index is 3.43. The molecule has 0 aromatic carbocycles. The second-order valence-corrected chi connectivity index (χ2v) is 4.95. The Kier molecular flexibility index (Phi) is 3.67. The summed E-state index contributed by atoms with van der Waals surface area (Å²) in [5.41, 5.74) is -2.69. The quantitative estimate of drug-likeness (QED) is 0.928. The van der Waals surface area contributed by atoms with E-state index in [1.807, 2.05) is 0 Å². The molecule has 0 saturated carbocycles. The lowest BCUT2D eigenvalue weighted by Gasteiger charge is -2.23. The van der Waals surface area contributed by atoms with Crippen molar-refractivity contribution in [1.29, 1.82) is 0 Å². The molecule has 0 aliphatic heterocycles. The third kappa shape index (κ3) is 2.77. The van der Waals surface area contributed by atoms with E-state index in [2.05, 4.69) is 5.10 Å². The number of alkyl halides is 3. The average Bonchev–Trinajstić information content (AvgIpc) is 2.40. The first-order valence-electron chi connectivity index (χ1n) is 4.99. The first kappa shape index (κ1) is 14.8. The molecule has 0 unspecified atom stereocenters. The van der Waals surface area contributed by atoms with Crippen molar-refractivity contribution in [1.82, 2.24) is 9.78 Å². The number of aliphatic carboxylic acids is 1. The van der Waals surface area contributed by atoms with E-state index in [9.17, 15) is 18.0 Å². The summed E-state index contributed by atoms with van der Waals surface area (Å²) in [4.78, 5) is 10.7. The molecule has 0 amide bonds. The Morgan fingerprint density at radius 1 is 1.44 bits per heavy atom. The molecule has 0 atom stereocenters. The van der Waals surface area contributed by atoms with Gasteiger partial charge in [-0.15, -0.1) is 0 Å². The normalized spacial score (nSPS) is 12.8. The van der Waals surface area contributed by atoms with Gasteiger partial charge in [0, 0.05) is 18.0 Å². The van der Waals surface area contributed by atoms with Crippen LogP contribution in [0.4, 0.5) is 13.2 Å². The number of rotatable bonds is 3. The molecule has 0 radical (unpaired) electrons. The summed E-state index contributed by atoms with van der Waals surface area (Å²) >= 11 is 5.80. The maximum absolute atomic E-state index is 12.8. The third-order valence-electron chi connectivity index (χ3n) is 2.52. The highest BCUT2D eigenvalue weighted by molar-refractivity contribution is 6.30. The van der Waals surface area contributed by atoms with E-state index >= 15 is 0 Å². The zero-order valence-electron chi connectivity index (χ0n) is 9.97. The number of carboxylic acid groups (broad SMARTS) is 1. The van der Waals surface area contributed by atoms with Crippen LogP contribution < -0.4 is 0 Å². The molecule has 1 aromatic heterocycles. The molecule has 0 fully saturated rings. The van der Waals surface area contributed by atoms with Gasteiger partial charge in [0.05, 0.1) is 6.42 Å². The maximum Gasteiger partial charge on any atom is 0.435 e. The molecule has 0 aliphatic carbocycles. The highest BCUT2D eigenvalue weighted by atomic mass is 35.5. The van der Waals surface area contributed by atoms with Crippen molar-refractivity contribution < 1.29 is 23.1 Å². The summed E-state index contributed by atoms with van der Waals surface area (Å²) in [6.07, 6.45) is -5.14. The van der Waals surface area contributed by atoms with E-state index in [4.69, 9.17) is 16.7 Å². The zero-order valence-corrected chi connectivity index (χ0v) is 10.7. The fraction of sp³-hybridized carbons (Fsp3) is 0.600. The molecule has 0 spiro atoms. The van der Waals surface area contributed by atoms with Gasteiger partial charge in [0.2, 0.25) is 0 Å². The third-order valence-corrected chi connectivity index (χ3v) is 2.95. The van der Waals surface area contributed by atoms with Crippen LogP contribution in [0.3, 0.4) is 0 Å². The predicted molar refractivity (Wildman–Crippen MR) is 58.5 cm³/mol. The molecule has 18 heavy (non-hydrogen) atoms. The fourth-order valence-corrected chi connectivity index (χ4v) is 2.15. The molecular formula is C10H12ClF3N2O2. The van der Waals surface area contributed by atoms with E-state index in [0.717, 1.165) is 4.68 Å². The van der Waals surface area contributed by atoms with E-state index in [0.29, 0.717) is 0 Å². The molecule has 4 nitrogen and oxygen atoms in total. The first-order chi connectivity index (χ1) is 7.97. The Morgan fingerprint density at radius 2 is 1.94 bits per heavy atom. The second kappa shape index (κ2) is 4.46. The van der Waals surface area contributed by atoms with Gasteiger partial charge < -0.3 is 5.11 Å². The number of carbonyl (C=O) groups is 1. The Bertz CT molecular complexity index is 480. The van der Waals surface area contributed by atoms with Crippen molar-refractivity contribution in [2.45, 2.75) is 31.9 Å². The van der Waals surface area contributed by atoms with E-state index in [1.165, 1.54) is 20.9 Å². The Hall–Kier alpha value is -1.24. The Morgan fingerprint density at radius 3 is 2.33 bits per heavy atom. The summed E-state index contributed by atoms with van der Waals surface area (Å²) < 4.78 is 39.4. The van der Waals surface area contributed by atoms with E-state index < -0.39 is 29.7 Å². The summed E-state index contributed by atoms with van der Waals surface area (Å²) in [5.74, 6) is -1.20. The monoisotopic (exact) mass is 284 g/mol. The lowest BCUT2D eigenvalue weighted by Crippen LogP contribution is -2.25. The van der Waals surface area contributed by atoms with Crippen molar-refractivity contribution >= 4 is 17.6 Å². The summed E-state index contributed by atoms with van der Waals surface area (Å²) in [6, 6.07) is 0. The molecule has 0 bridgehead atoms. The summed E-state index contributed by atoms with van der Waals surface area (Å²) in [7, 11) is 1.28. The Labute approximate surface area is 106 Å². The van der Waals surface area contributed by atoms with Crippen molar-refractivity contribution in [3.05, 3.63) is 16.4 Å². The van der Waals surface area contributed by atoms with Gasteiger partial charge in [0.1, 0.15) is 5.15 Å². The van der Waals surface area contributed by atoms with Crippen LogP contribution in [0.5, 0.6) is 0 Å². The first-order valence-corrected chi connectivity index (χ1v) is 5.36. The van der Waals surface area contributed by atoms with Crippen LogP contribution in [-0.2, 0) is 23.4 Å². The molecule has 102 valence electrons. The predicted octanol–water partition coefficient (Wildman–Crippen LogP) is 2.84. The molecule has 1 heterocycles. The standard InChI is InChI=1S/C10H12ClF3N2O2/c1-9(2,4-5(17)18)6-7(10(12,13)14)15-16(3)8(6)11/h4H2,1-3H3,(H,17,18). The van der Waals surface area contributed by atoms with Gasteiger partial charge in [-0.2, -0.15) is 18.3 Å². The van der Waals surface area contributed by atoms with E-state index in [-0.39, 0.29) is 10.7 Å². The van der Waals surface area contributed by atoms with Crippen LogP contribution in [0.2, 0.25) is 5.15 Å². The van der Waals surface area contributed by atoms with Gasteiger partial charge in [-0.25, -0.2) is 0 Å². The molecule has 0 aliphatic rings. The molecule has 1 aromatic rings. The van der Waals surface area contributed by atoms with Crippen LogP contribution in [-0.4, -0.2) is 20.9 Å². The largest absolute Gasteiger partial charge is 0.481 e. The molecule has 8 heteroatoms. The topological polar surface area (TPSA) is 55.1 Å². The number of hydrogen-bond donors (Lipinski definition) is 1. The van der Waals surface area contributed by atoms with Gasteiger partial charge >= 0.3 is 12.1 Å². The number of aromatic nitrogens is 2. The van der Waals surface area contributed by atoms with Crippen molar-refractivity contribution in [3.63, 3.8) is 0 Å². The van der Waals surface area contributed by atoms with Crippen LogP contribution >= 0.6 is 11.6 Å². The number of aryl methyl sites for hydroxylation is 1. The lowest BCUT2D eigenvalue weighted by atomic mass is 9.81. The van der Waals surface area contributed by atoms with Gasteiger partial charge in [-0.05, 0) is 0 Å². The van der Waals surface area contributed by atoms with Crippen molar-refractivity contribution in [2.24, 2.45) is 7.05 Å². The minimum atomic E-state index is -4.67. The highest BCUT2D eigenvalue weighted by Crippen LogP contribution is 2.41. The number of carboxylic acids is 1. The van der Waals surface area contributed by atoms with Crippen LogP contribution in [0.1, 0.15) is 31.5 Å². The molecule has 1 rings (SSSR count). The fourth-order valence-electron chi connectivity index (χ4n) is 1.77. The van der Waals surface area contributed by atoms with Gasteiger partial charge in [-0.3, -0.25) is 9.48 Å². The van der Waals surface area contributed by atoms with Gasteiger partial charge in [0.15, 0.2) is 5.69 Å². The number of nitrogens with zero attached hydrogens (tertiary/aromatic N) is 2. The molecule has 0 saturated heterocycles. The molecule has 1 N–H and O–H groups in total. The van der Waals surface area contributed by atoms with Crippen molar-refractivity contribution in [2.75, 3.05) is 0 Å². The SMILES string of the molecule is Cn1nc(C(F)(F)F)c(C(C)(C)CC(=O)O)c1Cl. The molecular weight excluding hydrogens is 273 g/mol. The van der Waals surface area contributed by atoms with Crippen LogP contribution in [0.15, 0.2) is 0 Å². The van der Waals surface area contributed by atoms with Gasteiger partial charge in [0.25, 0.3) is 0 Å². The maximum atomic E-state index is 12.8. The van der Waals surface area contributed by atoms with Crippen molar-refractivity contribution in [3.8, 4) is 0 Å². The number of halogens is 4. The smallest absolute Gasteiger partial charge is 0.435 e. The summed E-state index contributed by atoms with van der Waals surface area (Å²) in [5, 5.41) is 11.9. The second-order valence-electron chi connectivity index (χ2n) is 4.59. The summed E-state index contributed by atoms with van der Waals surface area (Å²) in [6.45, 7) is 2.78. The highest BCUT2D eigenvalue weighted by Gasteiger charge is 2.43. The average molecular weight is 285 g/mol. The van der Waals surface area contributed by atoms with Gasteiger partial charge in [-0.1, -0.05) is 25.4 Å². The lowest BCUT2D eigenvalue weighted by molar-refractivity contribution is -0.144. The minimum absolute atomic E-state index is 0.200. The number of hydrogen-bond acceptors (Lipinski definition) is 2.